The first-order chi connectivity index (χ1) is 11.8. The number of ketones is 1. The Morgan fingerprint density at radius 2 is 2.15 bits per heavy atom. The van der Waals surface area contributed by atoms with Gasteiger partial charge in [-0.2, -0.15) is 13.5 Å². The van der Waals surface area contributed by atoms with Crippen molar-refractivity contribution in [3.8, 4) is 0 Å². The van der Waals surface area contributed by atoms with Crippen LogP contribution in [0.1, 0.15) is 27.2 Å². The molecule has 0 saturated carbocycles. The lowest BCUT2D eigenvalue weighted by atomic mass is 10.1. The molecule has 2 aromatic rings. The van der Waals surface area contributed by atoms with Crippen molar-refractivity contribution in [2.24, 2.45) is 0 Å². The summed E-state index contributed by atoms with van der Waals surface area (Å²) in [5.74, 6) is -0.510. The summed E-state index contributed by atoms with van der Waals surface area (Å²) in [5, 5.41) is 1.46. The van der Waals surface area contributed by atoms with Crippen molar-refractivity contribution in [3.63, 3.8) is 0 Å². The molecule has 1 aliphatic heterocycles. The number of hydrogen-bond acceptors (Lipinski definition) is 5. The molecule has 0 spiro atoms. The maximum Gasteiger partial charge on any atom is 0.241 e. The van der Waals surface area contributed by atoms with Crippen LogP contribution in [0.25, 0.3) is 0 Å². The zero-order chi connectivity index (χ0) is 18.0. The molecule has 142 valence electrons. The topological polar surface area (TPSA) is 72.5 Å². The van der Waals surface area contributed by atoms with Crippen LogP contribution < -0.4 is 4.72 Å². The summed E-state index contributed by atoms with van der Waals surface area (Å²) >= 11 is 1.09. The summed E-state index contributed by atoms with van der Waals surface area (Å²) in [4.78, 5) is 12.8. The van der Waals surface area contributed by atoms with Gasteiger partial charge in [0.15, 0.2) is 5.78 Å². The van der Waals surface area contributed by atoms with Gasteiger partial charge in [0.2, 0.25) is 10.0 Å². The molecule has 0 bridgehead atoms. The number of sulfonamides is 1. The summed E-state index contributed by atoms with van der Waals surface area (Å²) in [6.45, 7) is 2.54. The van der Waals surface area contributed by atoms with E-state index in [2.05, 4.69) is 4.72 Å². The van der Waals surface area contributed by atoms with Crippen molar-refractivity contribution in [2.75, 3.05) is 13.2 Å². The standard InChI is InChI=1S/C17H18FNO4S2.H2S/c1-11-6-12(2-3-15(11)18)7-16(20)17-8-14(10-24-17)25(21,22)19-13-4-5-23-9-13;/h2-3,6,8,10,13,19H,4-5,7,9H2,1H3;1H2/t13-;/m0./s1. The van der Waals surface area contributed by atoms with Crippen LogP contribution in [0.3, 0.4) is 0 Å². The van der Waals surface area contributed by atoms with E-state index >= 15 is 0 Å². The largest absolute Gasteiger partial charge is 0.380 e. The van der Waals surface area contributed by atoms with E-state index in [0.717, 1.165) is 11.3 Å². The molecule has 1 aliphatic rings. The van der Waals surface area contributed by atoms with E-state index in [1.807, 2.05) is 0 Å². The lowest BCUT2D eigenvalue weighted by Gasteiger charge is -2.09. The summed E-state index contributed by atoms with van der Waals surface area (Å²) in [6.07, 6.45) is 0.740. The molecular weight excluding hydrogens is 397 g/mol. The molecule has 1 saturated heterocycles. The molecule has 1 aromatic carbocycles. The molecule has 26 heavy (non-hydrogen) atoms. The average Bonchev–Trinajstić information content (AvgIpc) is 3.22. The fourth-order valence-corrected chi connectivity index (χ4v) is 5.08. The van der Waals surface area contributed by atoms with Crippen LogP contribution in [0, 0.1) is 12.7 Å². The fourth-order valence-electron chi connectivity index (χ4n) is 2.61. The molecule has 0 aliphatic carbocycles. The molecule has 0 unspecified atom stereocenters. The number of hydrogen-bond donors (Lipinski definition) is 1. The molecule has 1 aromatic heterocycles. The lowest BCUT2D eigenvalue weighted by molar-refractivity contribution is 0.0996. The summed E-state index contributed by atoms with van der Waals surface area (Å²) < 4.78 is 45.7. The van der Waals surface area contributed by atoms with Crippen LogP contribution in [0.15, 0.2) is 34.5 Å². The number of halogens is 1. The van der Waals surface area contributed by atoms with Crippen molar-refractivity contribution in [3.05, 3.63) is 51.5 Å². The van der Waals surface area contributed by atoms with Crippen molar-refractivity contribution >= 4 is 40.6 Å². The van der Waals surface area contributed by atoms with Crippen molar-refractivity contribution < 1.29 is 22.3 Å². The summed E-state index contributed by atoms with van der Waals surface area (Å²) in [7, 11) is -3.66. The third-order valence-corrected chi connectivity index (χ3v) is 6.62. The highest BCUT2D eigenvalue weighted by Gasteiger charge is 2.25. The minimum Gasteiger partial charge on any atom is -0.380 e. The summed E-state index contributed by atoms with van der Waals surface area (Å²) in [5.41, 5.74) is 1.17. The summed E-state index contributed by atoms with van der Waals surface area (Å²) in [6, 6.07) is 5.68. The van der Waals surface area contributed by atoms with E-state index in [-0.39, 0.29) is 42.5 Å². The van der Waals surface area contributed by atoms with Gasteiger partial charge in [-0.1, -0.05) is 12.1 Å². The Morgan fingerprint density at radius 1 is 1.38 bits per heavy atom. The fraction of sp³-hybridized carbons (Fsp3) is 0.353. The van der Waals surface area contributed by atoms with E-state index < -0.39 is 10.0 Å². The Bertz CT molecular complexity index is 889. The first-order valence-corrected chi connectivity index (χ1v) is 10.2. The van der Waals surface area contributed by atoms with Crippen LogP contribution in [0.4, 0.5) is 4.39 Å². The molecular formula is C17H20FNO4S3. The predicted octanol–water partition coefficient (Wildman–Crippen LogP) is 2.80. The van der Waals surface area contributed by atoms with Crippen molar-refractivity contribution in [2.45, 2.75) is 30.7 Å². The molecule has 5 nitrogen and oxygen atoms in total. The second kappa shape index (κ2) is 8.62. The van der Waals surface area contributed by atoms with Crippen LogP contribution in [0.5, 0.6) is 0 Å². The molecule has 1 fully saturated rings. The van der Waals surface area contributed by atoms with Crippen LogP contribution in [-0.2, 0) is 21.2 Å². The van der Waals surface area contributed by atoms with Crippen LogP contribution in [0.2, 0.25) is 0 Å². The number of aryl methyl sites for hydroxylation is 1. The number of carbonyl (C=O) groups is 1. The molecule has 1 N–H and O–H groups in total. The van der Waals surface area contributed by atoms with Gasteiger partial charge in [-0.15, -0.1) is 11.3 Å². The SMILES string of the molecule is Cc1cc(CC(=O)c2cc(S(=O)(=O)N[C@H]3CCOC3)cs2)ccc1F.S. The van der Waals surface area contributed by atoms with E-state index in [0.29, 0.717) is 35.6 Å². The number of nitrogens with one attached hydrogen (secondary N) is 1. The third-order valence-electron chi connectivity index (χ3n) is 4.00. The molecule has 2 heterocycles. The molecule has 0 radical (unpaired) electrons. The van der Waals surface area contributed by atoms with E-state index in [4.69, 9.17) is 4.74 Å². The number of rotatable bonds is 6. The maximum absolute atomic E-state index is 13.3. The van der Waals surface area contributed by atoms with Crippen molar-refractivity contribution in [1.29, 1.82) is 0 Å². The molecule has 9 heteroatoms. The normalized spacial score (nSPS) is 17.1. The highest BCUT2D eigenvalue weighted by atomic mass is 32.2. The minimum atomic E-state index is -3.66. The zero-order valence-corrected chi connectivity index (χ0v) is 16.8. The van der Waals surface area contributed by atoms with Gasteiger partial charge >= 0.3 is 0 Å². The van der Waals surface area contributed by atoms with E-state index in [1.165, 1.54) is 17.5 Å². The van der Waals surface area contributed by atoms with E-state index in [9.17, 15) is 17.6 Å². The highest BCUT2D eigenvalue weighted by molar-refractivity contribution is 7.89. The van der Waals surface area contributed by atoms with E-state index in [1.54, 1.807) is 19.1 Å². The number of ether oxygens (including phenoxy) is 1. The number of carbonyl (C=O) groups excluding carboxylic acids is 1. The number of benzene rings is 1. The maximum atomic E-state index is 13.3. The van der Waals surface area contributed by atoms with Gasteiger partial charge in [0.05, 0.1) is 16.4 Å². The second-order valence-corrected chi connectivity index (χ2v) is 8.64. The molecule has 0 amide bonds. The Hall–Kier alpha value is -1.26. The minimum absolute atomic E-state index is 0. The van der Waals surface area contributed by atoms with Crippen LogP contribution in [-0.4, -0.2) is 33.5 Å². The monoisotopic (exact) mass is 417 g/mol. The predicted molar refractivity (Wildman–Crippen MR) is 103 cm³/mol. The zero-order valence-electron chi connectivity index (χ0n) is 14.1. The first kappa shape index (κ1) is 21.0. The van der Waals surface area contributed by atoms with Gasteiger partial charge in [-0.05, 0) is 36.6 Å². The van der Waals surface area contributed by atoms with Crippen LogP contribution >= 0.6 is 24.8 Å². The van der Waals surface area contributed by atoms with Gasteiger partial charge in [0, 0.05) is 24.4 Å². The smallest absolute Gasteiger partial charge is 0.241 e. The third kappa shape index (κ3) is 4.92. The Morgan fingerprint density at radius 3 is 2.81 bits per heavy atom. The molecule has 1 atom stereocenters. The van der Waals surface area contributed by atoms with Gasteiger partial charge in [-0.3, -0.25) is 4.79 Å². The van der Waals surface area contributed by atoms with Gasteiger partial charge < -0.3 is 4.74 Å². The number of Topliss-reactive ketones (excluding diaryl/α,β-unsaturated/α-hetero) is 1. The average molecular weight is 418 g/mol. The quantitative estimate of drug-likeness (QED) is 0.734. The Labute approximate surface area is 163 Å². The Kier molecular flexibility index (Phi) is 6.98. The molecule has 3 rings (SSSR count). The van der Waals surface area contributed by atoms with Gasteiger partial charge in [0.1, 0.15) is 5.82 Å². The first-order valence-electron chi connectivity index (χ1n) is 7.82. The second-order valence-electron chi connectivity index (χ2n) is 6.01. The highest BCUT2D eigenvalue weighted by Crippen LogP contribution is 2.22. The lowest BCUT2D eigenvalue weighted by Crippen LogP contribution is -2.34. The number of thiophene rings is 1. The van der Waals surface area contributed by atoms with Gasteiger partial charge in [-0.25, -0.2) is 17.5 Å². The van der Waals surface area contributed by atoms with Gasteiger partial charge in [0.25, 0.3) is 0 Å². The Balaban J connectivity index is 0.00000243. The van der Waals surface area contributed by atoms with Crippen molar-refractivity contribution in [1.82, 2.24) is 4.72 Å².